The Morgan fingerprint density at radius 1 is 1.00 bits per heavy atom. The second kappa shape index (κ2) is 8.29. The quantitative estimate of drug-likeness (QED) is 0.375. The molecule has 3 rings (SSSR count). The second-order valence-corrected chi connectivity index (χ2v) is 8.50. The molecule has 7 heteroatoms. The lowest BCUT2D eigenvalue weighted by Crippen LogP contribution is -2.05. The molecule has 0 aliphatic carbocycles. The predicted octanol–water partition coefficient (Wildman–Crippen LogP) is 5.30. The molecule has 0 atom stereocenters. The average molecular weight is 416 g/mol. The van der Waals surface area contributed by atoms with Crippen LogP contribution in [0.2, 0.25) is 5.02 Å². The lowest BCUT2D eigenvalue weighted by atomic mass is 9.99. The van der Waals surface area contributed by atoms with Gasteiger partial charge in [0.25, 0.3) is 0 Å². The van der Waals surface area contributed by atoms with Crippen molar-refractivity contribution in [1.29, 1.82) is 0 Å². The fraction of sp³-hybridized carbons (Fsp3) is 0.0952. The van der Waals surface area contributed by atoms with Gasteiger partial charge in [0.2, 0.25) is 0 Å². The molecule has 0 aliphatic rings. The molecule has 0 saturated carbocycles. The van der Waals surface area contributed by atoms with E-state index >= 15 is 0 Å². The first-order valence-electron chi connectivity index (χ1n) is 8.54. The van der Waals surface area contributed by atoms with E-state index in [2.05, 4.69) is 5.32 Å². The number of nitrogens with one attached hydrogen (secondary N) is 1. The molecule has 0 heterocycles. The van der Waals surface area contributed by atoms with Crippen molar-refractivity contribution < 1.29 is 19.1 Å². The summed E-state index contributed by atoms with van der Waals surface area (Å²) >= 11 is 6.35. The van der Waals surface area contributed by atoms with Crippen LogP contribution in [0, 0.1) is 6.92 Å². The van der Waals surface area contributed by atoms with Crippen molar-refractivity contribution >= 4 is 36.4 Å². The van der Waals surface area contributed by atoms with Crippen LogP contribution in [0.15, 0.2) is 66.7 Å². The molecule has 28 heavy (non-hydrogen) atoms. The maximum atomic E-state index is 12.8. The van der Waals surface area contributed by atoms with Gasteiger partial charge in [-0.2, -0.15) is 0 Å². The maximum absolute atomic E-state index is 12.8. The van der Waals surface area contributed by atoms with E-state index in [9.17, 15) is 19.1 Å². The van der Waals surface area contributed by atoms with Crippen molar-refractivity contribution in [2.24, 2.45) is 0 Å². The number of hydrogen-bond donors (Lipinski definition) is 3. The molecule has 5 nitrogen and oxygen atoms in total. The highest BCUT2D eigenvalue weighted by atomic mass is 35.5. The molecule has 0 fully saturated rings. The second-order valence-electron chi connectivity index (χ2n) is 6.44. The number of carbonyl (C=O) groups excluding carboxylic acids is 1. The van der Waals surface area contributed by atoms with E-state index < -0.39 is 7.60 Å². The Morgan fingerprint density at radius 2 is 1.68 bits per heavy atom. The fourth-order valence-corrected chi connectivity index (χ4v) is 3.89. The summed E-state index contributed by atoms with van der Waals surface area (Å²) in [5.74, 6) is -0.156. The Morgan fingerprint density at radius 3 is 2.36 bits per heavy atom. The number of para-hydroxylation sites is 1. The standard InChI is InChI=1S/C21H19ClNO4P/c1-14-6-2-4-8-17(14)21(24)18-11-10-16(12-19(18)22)23-20-9-5-3-7-15(20)13-28(25,26)27/h2-12,23H,13H2,1H3,(H2,25,26,27). The van der Waals surface area contributed by atoms with Crippen molar-refractivity contribution in [1.82, 2.24) is 0 Å². The molecule has 0 radical (unpaired) electrons. The zero-order chi connectivity index (χ0) is 20.3. The van der Waals surface area contributed by atoms with E-state index in [1.165, 1.54) is 0 Å². The van der Waals surface area contributed by atoms with Gasteiger partial charge in [-0.1, -0.05) is 54.1 Å². The number of rotatable bonds is 6. The Bertz CT molecular complexity index is 1080. The smallest absolute Gasteiger partial charge is 0.329 e. The SMILES string of the molecule is Cc1ccccc1C(=O)c1ccc(Nc2ccccc2CP(=O)(O)O)cc1Cl. The highest BCUT2D eigenvalue weighted by molar-refractivity contribution is 7.50. The molecule has 0 aliphatic heterocycles. The Labute approximate surface area is 168 Å². The third-order valence-electron chi connectivity index (χ3n) is 4.28. The molecule has 3 aromatic rings. The monoisotopic (exact) mass is 415 g/mol. The van der Waals surface area contributed by atoms with Gasteiger partial charge in [0.1, 0.15) is 0 Å². The topological polar surface area (TPSA) is 86.6 Å². The Balaban J connectivity index is 1.87. The summed E-state index contributed by atoms with van der Waals surface area (Å²) in [5.41, 5.74) is 3.54. The van der Waals surface area contributed by atoms with Gasteiger partial charge in [0.05, 0.1) is 11.2 Å². The molecular weight excluding hydrogens is 397 g/mol. The lowest BCUT2D eigenvalue weighted by molar-refractivity contribution is 0.103. The molecule has 0 unspecified atom stereocenters. The molecule has 0 spiro atoms. The van der Waals surface area contributed by atoms with Crippen molar-refractivity contribution in [3.05, 3.63) is 94.0 Å². The molecule has 3 N–H and O–H groups in total. The normalized spacial score (nSPS) is 11.3. The van der Waals surface area contributed by atoms with Gasteiger partial charge >= 0.3 is 7.60 Å². The van der Waals surface area contributed by atoms with Crippen molar-refractivity contribution in [3.63, 3.8) is 0 Å². The molecular formula is C21H19ClNO4P. The van der Waals surface area contributed by atoms with Crippen LogP contribution in [-0.2, 0) is 10.7 Å². The highest BCUT2D eigenvalue weighted by Gasteiger charge is 2.18. The minimum Gasteiger partial charge on any atom is -0.355 e. The van der Waals surface area contributed by atoms with Gasteiger partial charge in [-0.3, -0.25) is 9.36 Å². The van der Waals surface area contributed by atoms with Crippen LogP contribution < -0.4 is 5.32 Å². The average Bonchev–Trinajstić information content (AvgIpc) is 2.62. The minimum absolute atomic E-state index is 0.156. The predicted molar refractivity (Wildman–Crippen MR) is 112 cm³/mol. The van der Waals surface area contributed by atoms with Crippen LogP contribution in [0.5, 0.6) is 0 Å². The van der Waals surface area contributed by atoms with E-state index in [-0.39, 0.29) is 11.9 Å². The lowest BCUT2D eigenvalue weighted by Gasteiger charge is -2.14. The van der Waals surface area contributed by atoms with Gasteiger partial charge in [-0.15, -0.1) is 0 Å². The Kier molecular flexibility index (Phi) is 6.01. The van der Waals surface area contributed by atoms with E-state index in [4.69, 9.17) is 11.6 Å². The first-order valence-corrected chi connectivity index (χ1v) is 10.7. The molecule has 3 aromatic carbocycles. The first-order chi connectivity index (χ1) is 13.2. The van der Waals surface area contributed by atoms with E-state index in [0.29, 0.717) is 33.1 Å². The van der Waals surface area contributed by atoms with Crippen LogP contribution in [-0.4, -0.2) is 15.6 Å². The zero-order valence-corrected chi connectivity index (χ0v) is 16.7. The van der Waals surface area contributed by atoms with E-state index in [0.717, 1.165) is 5.56 Å². The minimum atomic E-state index is -4.20. The number of benzene rings is 3. The highest BCUT2D eigenvalue weighted by Crippen LogP contribution is 2.41. The van der Waals surface area contributed by atoms with Gasteiger partial charge in [-0.25, -0.2) is 0 Å². The summed E-state index contributed by atoms with van der Waals surface area (Å²) in [6.07, 6.45) is -0.367. The summed E-state index contributed by atoms with van der Waals surface area (Å²) < 4.78 is 11.3. The van der Waals surface area contributed by atoms with Crippen LogP contribution in [0.25, 0.3) is 0 Å². The number of anilines is 2. The molecule has 0 saturated heterocycles. The number of carbonyl (C=O) groups is 1. The van der Waals surface area contributed by atoms with E-state index in [1.54, 1.807) is 48.5 Å². The fourth-order valence-electron chi connectivity index (χ4n) is 2.91. The molecule has 144 valence electrons. The summed E-state index contributed by atoms with van der Waals surface area (Å²) in [6.45, 7) is 1.87. The van der Waals surface area contributed by atoms with Crippen LogP contribution in [0.3, 0.4) is 0 Å². The molecule has 0 aromatic heterocycles. The van der Waals surface area contributed by atoms with Crippen LogP contribution >= 0.6 is 19.2 Å². The van der Waals surface area contributed by atoms with Gasteiger partial charge < -0.3 is 15.1 Å². The zero-order valence-electron chi connectivity index (χ0n) is 15.1. The largest absolute Gasteiger partial charge is 0.355 e. The van der Waals surface area contributed by atoms with Crippen molar-refractivity contribution in [2.75, 3.05) is 5.32 Å². The van der Waals surface area contributed by atoms with Crippen molar-refractivity contribution in [2.45, 2.75) is 13.1 Å². The number of aryl methyl sites for hydroxylation is 1. The third kappa shape index (κ3) is 4.89. The van der Waals surface area contributed by atoms with E-state index in [1.807, 2.05) is 25.1 Å². The van der Waals surface area contributed by atoms with Gasteiger partial charge in [0, 0.05) is 22.5 Å². The number of halogens is 1. The third-order valence-corrected chi connectivity index (χ3v) is 5.34. The maximum Gasteiger partial charge on any atom is 0.329 e. The first kappa shape index (κ1) is 20.3. The van der Waals surface area contributed by atoms with Crippen molar-refractivity contribution in [3.8, 4) is 0 Å². The molecule has 0 amide bonds. The summed E-state index contributed by atoms with van der Waals surface area (Å²) in [6, 6.07) is 19.2. The van der Waals surface area contributed by atoms with Crippen LogP contribution in [0.1, 0.15) is 27.0 Å². The molecule has 0 bridgehead atoms. The Hall–Kier alpha value is -2.43. The summed E-state index contributed by atoms with van der Waals surface area (Å²) in [4.78, 5) is 31.3. The summed E-state index contributed by atoms with van der Waals surface area (Å²) in [7, 11) is -4.20. The van der Waals surface area contributed by atoms with Gasteiger partial charge in [-0.05, 0) is 42.3 Å². The number of ketones is 1. The van der Waals surface area contributed by atoms with Gasteiger partial charge in [0.15, 0.2) is 5.78 Å². The number of hydrogen-bond acceptors (Lipinski definition) is 3. The summed E-state index contributed by atoms with van der Waals surface area (Å²) in [5, 5.41) is 3.41. The van der Waals surface area contributed by atoms with Crippen LogP contribution in [0.4, 0.5) is 11.4 Å².